The van der Waals surface area contributed by atoms with Crippen molar-refractivity contribution in [2.45, 2.75) is 0 Å². The van der Waals surface area contributed by atoms with Crippen LogP contribution in [0.1, 0.15) is 0 Å². The number of benzene rings is 2. The second-order valence-corrected chi connectivity index (χ2v) is 4.80. The van der Waals surface area contributed by atoms with Gasteiger partial charge in [0.1, 0.15) is 11.6 Å². The molecule has 2 aromatic carbocycles. The first-order chi connectivity index (χ1) is 9.06. The van der Waals surface area contributed by atoms with E-state index in [9.17, 15) is 4.39 Å². The van der Waals surface area contributed by atoms with E-state index in [1.807, 2.05) is 23.7 Å². The molecule has 0 fully saturated rings. The Kier molecular flexibility index (Phi) is 2.68. The van der Waals surface area contributed by atoms with Crippen LogP contribution in [0.15, 0.2) is 36.4 Å². The number of halogens is 2. The highest BCUT2D eigenvalue weighted by molar-refractivity contribution is 6.31. The van der Waals surface area contributed by atoms with Gasteiger partial charge in [0.25, 0.3) is 0 Å². The lowest BCUT2D eigenvalue weighted by Crippen LogP contribution is -1.95. The van der Waals surface area contributed by atoms with E-state index in [4.69, 9.17) is 17.3 Å². The summed E-state index contributed by atoms with van der Waals surface area (Å²) in [5, 5.41) is 0.644. The Balaban J connectivity index is 2.24. The number of nitrogens with two attached hydrogens (primary N) is 1. The quantitative estimate of drug-likeness (QED) is 0.690. The van der Waals surface area contributed by atoms with Gasteiger partial charge in [0.15, 0.2) is 0 Å². The van der Waals surface area contributed by atoms with Crippen molar-refractivity contribution in [2.24, 2.45) is 7.05 Å². The predicted molar refractivity (Wildman–Crippen MR) is 75.5 cm³/mol. The molecule has 0 radical (unpaired) electrons. The molecule has 2 N–H and O–H groups in total. The topological polar surface area (TPSA) is 43.8 Å². The lowest BCUT2D eigenvalue weighted by atomic mass is 10.2. The number of aromatic nitrogens is 2. The molecule has 5 heteroatoms. The minimum absolute atomic E-state index is 0.130. The van der Waals surface area contributed by atoms with Gasteiger partial charge in [-0.05, 0) is 36.4 Å². The monoisotopic (exact) mass is 275 g/mol. The standard InChI is InChI=1S/C14H11ClFN3/c1-19-13-7-9(15)3-5-12(13)18-14(19)8-2-4-11(17)10(16)6-8/h2-7H,17H2,1H3. The van der Waals surface area contributed by atoms with Crippen molar-refractivity contribution < 1.29 is 4.39 Å². The average molecular weight is 276 g/mol. The van der Waals surface area contributed by atoms with Crippen LogP contribution >= 0.6 is 11.6 Å². The van der Waals surface area contributed by atoms with Crippen molar-refractivity contribution >= 4 is 28.3 Å². The fourth-order valence-electron chi connectivity index (χ4n) is 2.09. The minimum atomic E-state index is -0.442. The fourth-order valence-corrected chi connectivity index (χ4v) is 2.25. The molecule has 19 heavy (non-hydrogen) atoms. The summed E-state index contributed by atoms with van der Waals surface area (Å²) >= 11 is 5.97. The van der Waals surface area contributed by atoms with Crippen molar-refractivity contribution in [1.82, 2.24) is 9.55 Å². The number of imidazole rings is 1. The van der Waals surface area contributed by atoms with E-state index < -0.39 is 5.82 Å². The van der Waals surface area contributed by atoms with Crippen LogP contribution in [0.2, 0.25) is 5.02 Å². The smallest absolute Gasteiger partial charge is 0.146 e. The molecule has 3 rings (SSSR count). The summed E-state index contributed by atoms with van der Waals surface area (Å²) in [7, 11) is 1.87. The highest BCUT2D eigenvalue weighted by Crippen LogP contribution is 2.27. The Morgan fingerprint density at radius 1 is 1.21 bits per heavy atom. The maximum Gasteiger partial charge on any atom is 0.146 e. The van der Waals surface area contributed by atoms with Crippen molar-refractivity contribution in [1.29, 1.82) is 0 Å². The molecule has 1 aromatic heterocycles. The number of aryl methyl sites for hydroxylation is 1. The van der Waals surface area contributed by atoms with Gasteiger partial charge < -0.3 is 10.3 Å². The highest BCUT2D eigenvalue weighted by Gasteiger charge is 2.11. The van der Waals surface area contributed by atoms with E-state index in [0.29, 0.717) is 16.4 Å². The molecule has 0 unspecified atom stereocenters. The number of anilines is 1. The Bertz CT molecular complexity index is 780. The molecule has 0 aliphatic rings. The van der Waals surface area contributed by atoms with Gasteiger partial charge in [-0.1, -0.05) is 11.6 Å². The van der Waals surface area contributed by atoms with E-state index in [1.165, 1.54) is 12.1 Å². The third-order valence-corrected chi connectivity index (χ3v) is 3.34. The fraction of sp³-hybridized carbons (Fsp3) is 0.0714. The molecular weight excluding hydrogens is 265 g/mol. The van der Waals surface area contributed by atoms with Crippen LogP contribution < -0.4 is 5.73 Å². The summed E-state index contributed by atoms with van der Waals surface area (Å²) in [6, 6.07) is 10.1. The molecule has 0 amide bonds. The largest absolute Gasteiger partial charge is 0.396 e. The number of hydrogen-bond acceptors (Lipinski definition) is 2. The van der Waals surface area contributed by atoms with Crippen molar-refractivity contribution in [2.75, 3.05) is 5.73 Å². The number of fused-ring (bicyclic) bond motifs is 1. The summed E-state index contributed by atoms with van der Waals surface area (Å²) in [5.74, 6) is 0.235. The highest BCUT2D eigenvalue weighted by atomic mass is 35.5. The molecule has 1 heterocycles. The summed E-state index contributed by atoms with van der Waals surface area (Å²) < 4.78 is 15.4. The zero-order chi connectivity index (χ0) is 13.6. The van der Waals surface area contributed by atoms with Gasteiger partial charge in [0, 0.05) is 17.6 Å². The Hall–Kier alpha value is -2.07. The first-order valence-electron chi connectivity index (χ1n) is 5.73. The molecular formula is C14H11ClFN3. The first-order valence-corrected chi connectivity index (χ1v) is 6.11. The lowest BCUT2D eigenvalue weighted by Gasteiger charge is -2.04. The van der Waals surface area contributed by atoms with E-state index >= 15 is 0 Å². The van der Waals surface area contributed by atoms with Crippen LogP contribution in [0.5, 0.6) is 0 Å². The second kappa shape index (κ2) is 4.24. The zero-order valence-corrected chi connectivity index (χ0v) is 10.9. The third kappa shape index (κ3) is 1.94. The summed E-state index contributed by atoms with van der Waals surface area (Å²) in [6.07, 6.45) is 0. The predicted octanol–water partition coefficient (Wildman–Crippen LogP) is 3.62. The molecule has 0 aliphatic heterocycles. The maximum absolute atomic E-state index is 13.5. The number of nitrogen functional groups attached to an aromatic ring is 1. The van der Waals surface area contributed by atoms with Crippen molar-refractivity contribution in [3.8, 4) is 11.4 Å². The van der Waals surface area contributed by atoms with Gasteiger partial charge in [0.2, 0.25) is 0 Å². The first kappa shape index (κ1) is 12.0. The third-order valence-electron chi connectivity index (χ3n) is 3.10. The molecule has 0 aliphatic carbocycles. The van der Waals surface area contributed by atoms with E-state index in [1.54, 1.807) is 12.1 Å². The molecule has 0 saturated carbocycles. The Labute approximate surface area is 114 Å². The number of rotatable bonds is 1. The summed E-state index contributed by atoms with van der Waals surface area (Å²) in [6.45, 7) is 0. The van der Waals surface area contributed by atoms with Gasteiger partial charge in [0.05, 0.1) is 16.7 Å². The second-order valence-electron chi connectivity index (χ2n) is 4.36. The normalized spacial score (nSPS) is 11.1. The molecule has 3 nitrogen and oxygen atoms in total. The van der Waals surface area contributed by atoms with Crippen molar-refractivity contribution in [3.05, 3.63) is 47.2 Å². The Morgan fingerprint density at radius 3 is 2.74 bits per heavy atom. The number of hydrogen-bond donors (Lipinski definition) is 1. The Morgan fingerprint density at radius 2 is 2.00 bits per heavy atom. The molecule has 96 valence electrons. The van der Waals surface area contributed by atoms with Gasteiger partial charge in [-0.15, -0.1) is 0 Å². The molecule has 0 saturated heterocycles. The van der Waals surface area contributed by atoms with E-state index in [-0.39, 0.29) is 5.69 Å². The molecule has 0 spiro atoms. The summed E-state index contributed by atoms with van der Waals surface area (Å²) in [5.41, 5.74) is 8.01. The van der Waals surface area contributed by atoms with Crippen LogP contribution in [-0.2, 0) is 7.05 Å². The minimum Gasteiger partial charge on any atom is -0.396 e. The van der Waals surface area contributed by atoms with Crippen LogP contribution in [0.4, 0.5) is 10.1 Å². The van der Waals surface area contributed by atoms with Gasteiger partial charge >= 0.3 is 0 Å². The van der Waals surface area contributed by atoms with Gasteiger partial charge in [-0.3, -0.25) is 0 Å². The molecule has 0 atom stereocenters. The molecule has 0 bridgehead atoms. The maximum atomic E-state index is 13.5. The van der Waals surface area contributed by atoms with Crippen LogP contribution in [-0.4, -0.2) is 9.55 Å². The average Bonchev–Trinajstić information content (AvgIpc) is 2.70. The van der Waals surface area contributed by atoms with Crippen LogP contribution in [0.25, 0.3) is 22.4 Å². The van der Waals surface area contributed by atoms with Crippen LogP contribution in [0.3, 0.4) is 0 Å². The van der Waals surface area contributed by atoms with Gasteiger partial charge in [-0.25, -0.2) is 9.37 Å². The van der Waals surface area contributed by atoms with Gasteiger partial charge in [-0.2, -0.15) is 0 Å². The van der Waals surface area contributed by atoms with Crippen LogP contribution in [0, 0.1) is 5.82 Å². The lowest BCUT2D eigenvalue weighted by molar-refractivity contribution is 0.633. The van der Waals surface area contributed by atoms with E-state index in [2.05, 4.69) is 4.98 Å². The zero-order valence-electron chi connectivity index (χ0n) is 10.2. The number of nitrogens with zero attached hydrogens (tertiary/aromatic N) is 2. The SMILES string of the molecule is Cn1c(-c2ccc(N)c(F)c2)nc2ccc(Cl)cc21. The van der Waals surface area contributed by atoms with E-state index in [0.717, 1.165) is 11.0 Å². The van der Waals surface area contributed by atoms with Crippen molar-refractivity contribution in [3.63, 3.8) is 0 Å². The molecule has 3 aromatic rings. The summed E-state index contributed by atoms with van der Waals surface area (Å²) in [4.78, 5) is 4.49.